The Bertz CT molecular complexity index is 841. The summed E-state index contributed by atoms with van der Waals surface area (Å²) in [4.78, 5) is 33.3. The molecule has 0 saturated heterocycles. The standard InChI is InChI=1S/C24H26O7/c1-2-23(26)30-16-5-3-4-15-29-21-12-8-20(9-13-21)24(27)31-22-10-6-19(7-11-22)14-17-28-18-25/h2,6-13,18H,1,3-5,14-17H2. The summed E-state index contributed by atoms with van der Waals surface area (Å²) >= 11 is 0. The summed E-state index contributed by atoms with van der Waals surface area (Å²) in [5.74, 6) is 0.228. The lowest BCUT2D eigenvalue weighted by Crippen LogP contribution is -2.08. The molecule has 0 bridgehead atoms. The molecule has 0 spiro atoms. The number of rotatable bonds is 14. The maximum absolute atomic E-state index is 12.3. The van der Waals surface area contributed by atoms with E-state index in [2.05, 4.69) is 11.3 Å². The third kappa shape index (κ3) is 9.16. The topological polar surface area (TPSA) is 88.1 Å². The van der Waals surface area contributed by atoms with E-state index in [0.29, 0.717) is 49.8 Å². The van der Waals surface area contributed by atoms with Crippen molar-refractivity contribution >= 4 is 18.4 Å². The Morgan fingerprint density at radius 3 is 2.19 bits per heavy atom. The summed E-state index contributed by atoms with van der Waals surface area (Å²) in [6.45, 7) is 4.97. The van der Waals surface area contributed by atoms with Gasteiger partial charge in [0.1, 0.15) is 11.5 Å². The Kier molecular flexibility index (Phi) is 10.4. The fraction of sp³-hybridized carbons (Fsp3) is 0.292. The van der Waals surface area contributed by atoms with Crippen LogP contribution in [0.3, 0.4) is 0 Å². The minimum absolute atomic E-state index is 0.308. The lowest BCUT2D eigenvalue weighted by molar-refractivity contribution is -0.137. The maximum atomic E-state index is 12.3. The van der Waals surface area contributed by atoms with Gasteiger partial charge in [-0.15, -0.1) is 0 Å². The van der Waals surface area contributed by atoms with Gasteiger partial charge >= 0.3 is 11.9 Å². The van der Waals surface area contributed by atoms with Crippen LogP contribution in [0.25, 0.3) is 0 Å². The number of esters is 2. The molecule has 31 heavy (non-hydrogen) atoms. The van der Waals surface area contributed by atoms with E-state index < -0.39 is 11.9 Å². The average Bonchev–Trinajstić information content (AvgIpc) is 2.80. The van der Waals surface area contributed by atoms with Crippen molar-refractivity contribution in [2.75, 3.05) is 19.8 Å². The van der Waals surface area contributed by atoms with Crippen LogP contribution in [0.5, 0.6) is 11.5 Å². The van der Waals surface area contributed by atoms with Crippen molar-refractivity contribution in [2.24, 2.45) is 0 Å². The second-order valence-electron chi connectivity index (χ2n) is 6.56. The van der Waals surface area contributed by atoms with Crippen molar-refractivity contribution in [1.82, 2.24) is 0 Å². The van der Waals surface area contributed by atoms with Crippen molar-refractivity contribution in [3.05, 3.63) is 72.3 Å². The number of benzene rings is 2. The van der Waals surface area contributed by atoms with E-state index in [0.717, 1.165) is 30.9 Å². The molecule has 0 aliphatic heterocycles. The second-order valence-corrected chi connectivity index (χ2v) is 6.56. The SMILES string of the molecule is C=CC(=O)OCCCCCOc1ccc(C(=O)Oc2ccc(CCOC=O)cc2)cc1. The van der Waals surface area contributed by atoms with Gasteiger partial charge < -0.3 is 18.9 Å². The fourth-order valence-corrected chi connectivity index (χ4v) is 2.60. The predicted octanol–water partition coefficient (Wildman–Crippen LogP) is 3.90. The maximum Gasteiger partial charge on any atom is 0.343 e. The molecule has 0 aromatic heterocycles. The number of carbonyl (C=O) groups is 3. The Balaban J connectivity index is 1.69. The molecule has 0 aliphatic rings. The number of hydrogen-bond acceptors (Lipinski definition) is 7. The monoisotopic (exact) mass is 426 g/mol. The van der Waals surface area contributed by atoms with Crippen molar-refractivity contribution in [1.29, 1.82) is 0 Å². The Morgan fingerprint density at radius 1 is 0.839 bits per heavy atom. The van der Waals surface area contributed by atoms with Crippen LogP contribution in [0, 0.1) is 0 Å². The third-order valence-electron chi connectivity index (χ3n) is 4.27. The highest BCUT2D eigenvalue weighted by molar-refractivity contribution is 5.91. The molecule has 0 fully saturated rings. The van der Waals surface area contributed by atoms with E-state index in [9.17, 15) is 14.4 Å². The van der Waals surface area contributed by atoms with Crippen LogP contribution in [0.15, 0.2) is 61.2 Å². The average molecular weight is 426 g/mol. The van der Waals surface area contributed by atoms with Crippen LogP contribution in [0.2, 0.25) is 0 Å². The summed E-state index contributed by atoms with van der Waals surface area (Å²) in [7, 11) is 0. The van der Waals surface area contributed by atoms with Crippen molar-refractivity contribution < 1.29 is 33.3 Å². The highest BCUT2D eigenvalue weighted by Crippen LogP contribution is 2.17. The van der Waals surface area contributed by atoms with Gasteiger partial charge in [-0.05, 0) is 61.2 Å². The molecule has 2 aromatic rings. The molecule has 2 rings (SSSR count). The molecule has 0 amide bonds. The molecular weight excluding hydrogens is 400 g/mol. The Morgan fingerprint density at radius 2 is 1.52 bits per heavy atom. The van der Waals surface area contributed by atoms with E-state index in [-0.39, 0.29) is 0 Å². The van der Waals surface area contributed by atoms with Crippen molar-refractivity contribution in [3.63, 3.8) is 0 Å². The van der Waals surface area contributed by atoms with E-state index in [1.807, 2.05) is 12.1 Å². The van der Waals surface area contributed by atoms with E-state index >= 15 is 0 Å². The van der Waals surface area contributed by atoms with Crippen LogP contribution in [0.1, 0.15) is 35.2 Å². The molecular formula is C24H26O7. The third-order valence-corrected chi connectivity index (χ3v) is 4.27. The lowest BCUT2D eigenvalue weighted by atomic mass is 10.1. The fourth-order valence-electron chi connectivity index (χ4n) is 2.60. The first-order chi connectivity index (χ1) is 15.1. The number of ether oxygens (including phenoxy) is 4. The first-order valence-electron chi connectivity index (χ1n) is 10.0. The minimum Gasteiger partial charge on any atom is -0.494 e. The molecule has 0 N–H and O–H groups in total. The zero-order chi connectivity index (χ0) is 22.3. The summed E-state index contributed by atoms with van der Waals surface area (Å²) < 4.78 is 20.6. The first-order valence-corrected chi connectivity index (χ1v) is 10.0. The van der Waals surface area contributed by atoms with Gasteiger partial charge in [-0.2, -0.15) is 0 Å². The van der Waals surface area contributed by atoms with E-state index in [1.165, 1.54) is 0 Å². The smallest absolute Gasteiger partial charge is 0.343 e. The summed E-state index contributed by atoms with van der Waals surface area (Å²) in [6.07, 6.45) is 4.21. The van der Waals surface area contributed by atoms with Crippen LogP contribution in [-0.2, 0) is 25.5 Å². The highest BCUT2D eigenvalue weighted by atomic mass is 16.5. The zero-order valence-corrected chi connectivity index (χ0v) is 17.3. The Hall–Kier alpha value is -3.61. The van der Waals surface area contributed by atoms with Gasteiger partial charge in [0.2, 0.25) is 0 Å². The van der Waals surface area contributed by atoms with Crippen LogP contribution >= 0.6 is 0 Å². The summed E-state index contributed by atoms with van der Waals surface area (Å²) in [6, 6.07) is 13.8. The van der Waals surface area contributed by atoms with Gasteiger partial charge in [-0.1, -0.05) is 18.7 Å². The van der Waals surface area contributed by atoms with E-state index in [1.54, 1.807) is 36.4 Å². The van der Waals surface area contributed by atoms with Gasteiger partial charge in [0.25, 0.3) is 6.47 Å². The summed E-state index contributed by atoms with van der Waals surface area (Å²) in [5.41, 5.74) is 1.39. The molecule has 0 saturated carbocycles. The van der Waals surface area contributed by atoms with Crippen LogP contribution < -0.4 is 9.47 Å². The van der Waals surface area contributed by atoms with E-state index in [4.69, 9.17) is 14.2 Å². The molecule has 7 nitrogen and oxygen atoms in total. The molecule has 0 heterocycles. The largest absolute Gasteiger partial charge is 0.494 e. The second kappa shape index (κ2) is 13.6. The molecule has 0 radical (unpaired) electrons. The molecule has 164 valence electrons. The Labute approximate surface area is 181 Å². The predicted molar refractivity (Wildman–Crippen MR) is 114 cm³/mol. The normalized spacial score (nSPS) is 10.1. The van der Waals surface area contributed by atoms with Gasteiger partial charge in [-0.25, -0.2) is 9.59 Å². The lowest BCUT2D eigenvalue weighted by Gasteiger charge is -2.08. The first kappa shape index (κ1) is 23.7. The van der Waals surface area contributed by atoms with Crippen molar-refractivity contribution in [2.45, 2.75) is 25.7 Å². The summed E-state index contributed by atoms with van der Waals surface area (Å²) in [5, 5.41) is 0. The number of unbranched alkanes of at least 4 members (excludes halogenated alkanes) is 2. The number of hydrogen-bond donors (Lipinski definition) is 0. The van der Waals surface area contributed by atoms with Gasteiger partial charge in [-0.3, -0.25) is 4.79 Å². The number of carbonyl (C=O) groups excluding carboxylic acids is 3. The minimum atomic E-state index is -0.461. The highest BCUT2D eigenvalue weighted by Gasteiger charge is 2.09. The van der Waals surface area contributed by atoms with Crippen LogP contribution in [0.4, 0.5) is 0 Å². The molecule has 0 aliphatic carbocycles. The van der Waals surface area contributed by atoms with Crippen molar-refractivity contribution in [3.8, 4) is 11.5 Å². The molecule has 7 heteroatoms. The zero-order valence-electron chi connectivity index (χ0n) is 17.3. The molecule has 0 atom stereocenters. The molecule has 2 aromatic carbocycles. The van der Waals surface area contributed by atoms with Crippen LogP contribution in [-0.4, -0.2) is 38.2 Å². The quantitative estimate of drug-likeness (QED) is 0.149. The van der Waals surface area contributed by atoms with Gasteiger partial charge in [0, 0.05) is 12.5 Å². The molecule has 0 unspecified atom stereocenters. The van der Waals surface area contributed by atoms with Gasteiger partial charge in [0.05, 0.1) is 25.4 Å². The van der Waals surface area contributed by atoms with Gasteiger partial charge in [0.15, 0.2) is 0 Å².